The van der Waals surface area contributed by atoms with E-state index in [4.69, 9.17) is 0 Å². The first kappa shape index (κ1) is 22.2. The summed E-state index contributed by atoms with van der Waals surface area (Å²) in [6, 6.07) is 16.4. The van der Waals surface area contributed by atoms with Crippen LogP contribution >= 0.6 is 0 Å². The molecule has 0 unspecified atom stereocenters. The zero-order chi connectivity index (χ0) is 24.9. The van der Waals surface area contributed by atoms with Crippen molar-refractivity contribution in [3.05, 3.63) is 106 Å². The maximum absolute atomic E-state index is 14.7. The smallest absolute Gasteiger partial charge is 0.295 e. The zero-order valence-electron chi connectivity index (χ0n) is 19.4. The Morgan fingerprint density at radius 3 is 2.23 bits per heavy atom. The van der Waals surface area contributed by atoms with Crippen molar-refractivity contribution < 1.29 is 18.5 Å². The number of rotatable bonds is 4. The van der Waals surface area contributed by atoms with Crippen LogP contribution in [0.1, 0.15) is 16.7 Å². The van der Waals surface area contributed by atoms with Gasteiger partial charge in [0, 0.05) is 24.2 Å². The second kappa shape index (κ2) is 8.32. The molecule has 4 aromatic rings. The number of pyridine rings is 1. The Hall–Kier alpha value is -4.59. The van der Waals surface area contributed by atoms with Gasteiger partial charge >= 0.3 is 5.91 Å². The van der Waals surface area contributed by atoms with E-state index in [9.17, 15) is 18.8 Å². The largest absolute Gasteiger partial charge is 0.331 e. The van der Waals surface area contributed by atoms with E-state index in [1.54, 1.807) is 30.6 Å². The minimum atomic E-state index is -0.769. The Labute approximate surface area is 200 Å². The highest BCUT2D eigenvalue weighted by molar-refractivity contribution is 6.53. The van der Waals surface area contributed by atoms with Gasteiger partial charge in [0.25, 0.3) is 17.2 Å². The number of aromatic nitrogens is 3. The van der Waals surface area contributed by atoms with E-state index in [1.807, 2.05) is 38.1 Å². The fraction of sp³-hybridized carbons (Fsp3) is 0.111. The summed E-state index contributed by atoms with van der Waals surface area (Å²) in [4.78, 5) is 41.7. The highest BCUT2D eigenvalue weighted by atomic mass is 19.1. The summed E-state index contributed by atoms with van der Waals surface area (Å²) < 4.78 is 17.5. The Balaban J connectivity index is 1.84. The molecule has 174 valence electrons. The third-order valence-corrected chi connectivity index (χ3v) is 6.21. The lowest BCUT2D eigenvalue weighted by Gasteiger charge is -2.14. The standard InChI is InChI=1S/C27H21FN4O3/c1-16-13-14-31(15-17(16)2)24-22(26(34)32(27(24)35)20-12-8-7-11-19(20)28)21-23(29-30(3)25(21)33)18-9-5-4-6-10-18/h4-15H,1-3H3/p+1. The SMILES string of the molecule is Cc1cc[n+](C2=C(c3c(-c4ccccc4)[nH]n(C)c3=O)C(=O)N(c3ccccc3F)C2=O)cc1C. The van der Waals surface area contributed by atoms with Gasteiger partial charge in [0.15, 0.2) is 12.4 Å². The molecule has 2 aromatic carbocycles. The molecular weight excluding hydrogens is 447 g/mol. The summed E-state index contributed by atoms with van der Waals surface area (Å²) >= 11 is 0. The average molecular weight is 469 g/mol. The molecule has 8 heteroatoms. The molecule has 0 radical (unpaired) electrons. The van der Waals surface area contributed by atoms with E-state index < -0.39 is 23.2 Å². The zero-order valence-corrected chi connectivity index (χ0v) is 19.4. The molecule has 0 fully saturated rings. The van der Waals surface area contributed by atoms with Gasteiger partial charge in [0.05, 0.1) is 16.9 Å². The number of amides is 2. The first-order valence-corrected chi connectivity index (χ1v) is 11.0. The Morgan fingerprint density at radius 2 is 1.54 bits per heavy atom. The minimum Gasteiger partial charge on any atom is -0.295 e. The number of hydrogen-bond acceptors (Lipinski definition) is 3. The van der Waals surface area contributed by atoms with Crippen LogP contribution in [-0.4, -0.2) is 21.6 Å². The number of benzene rings is 2. The number of imide groups is 1. The molecule has 2 amide bonds. The fourth-order valence-corrected chi connectivity index (χ4v) is 4.25. The van der Waals surface area contributed by atoms with Crippen LogP contribution in [-0.2, 0) is 16.6 Å². The number of carbonyl (C=O) groups is 2. The predicted octanol–water partition coefficient (Wildman–Crippen LogP) is 3.37. The van der Waals surface area contributed by atoms with Crippen LogP contribution in [0, 0.1) is 19.7 Å². The van der Waals surface area contributed by atoms with Crippen LogP contribution in [0.15, 0.2) is 77.9 Å². The Kier molecular flexibility index (Phi) is 5.28. The molecule has 5 rings (SSSR count). The normalized spacial score (nSPS) is 13.8. The van der Waals surface area contributed by atoms with Crippen molar-refractivity contribution in [2.45, 2.75) is 13.8 Å². The maximum Gasteiger partial charge on any atom is 0.331 e. The third-order valence-electron chi connectivity index (χ3n) is 6.21. The van der Waals surface area contributed by atoms with Crippen molar-refractivity contribution in [2.24, 2.45) is 7.05 Å². The van der Waals surface area contributed by atoms with Crippen LogP contribution < -0.4 is 15.0 Å². The Bertz CT molecular complexity index is 1600. The van der Waals surface area contributed by atoms with Crippen molar-refractivity contribution >= 4 is 28.8 Å². The number of aromatic amines is 1. The van der Waals surface area contributed by atoms with Crippen molar-refractivity contribution in [1.82, 2.24) is 9.78 Å². The maximum atomic E-state index is 14.7. The molecule has 2 aromatic heterocycles. The molecule has 7 nitrogen and oxygen atoms in total. The molecule has 0 aliphatic carbocycles. The molecule has 1 aliphatic heterocycles. The second-order valence-corrected chi connectivity index (χ2v) is 8.43. The number of anilines is 1. The average Bonchev–Trinajstić information content (AvgIpc) is 3.28. The van der Waals surface area contributed by atoms with Gasteiger partial charge in [-0.05, 0) is 31.5 Å². The van der Waals surface area contributed by atoms with Crippen LogP contribution in [0.25, 0.3) is 22.5 Å². The lowest BCUT2D eigenvalue weighted by Crippen LogP contribution is -2.40. The number of nitrogens with one attached hydrogen (secondary N) is 1. The molecule has 3 heterocycles. The van der Waals surface area contributed by atoms with Gasteiger partial charge in [-0.15, -0.1) is 0 Å². The fourth-order valence-electron chi connectivity index (χ4n) is 4.25. The molecule has 0 saturated heterocycles. The lowest BCUT2D eigenvalue weighted by atomic mass is 10.00. The summed E-state index contributed by atoms with van der Waals surface area (Å²) in [5, 5.41) is 3.00. The van der Waals surface area contributed by atoms with Crippen molar-refractivity contribution in [1.29, 1.82) is 0 Å². The van der Waals surface area contributed by atoms with Gasteiger partial charge in [-0.2, -0.15) is 4.57 Å². The van der Waals surface area contributed by atoms with Gasteiger partial charge in [0.1, 0.15) is 11.4 Å². The highest BCUT2D eigenvalue weighted by Gasteiger charge is 2.49. The number of aryl methyl sites for hydroxylation is 3. The van der Waals surface area contributed by atoms with E-state index in [2.05, 4.69) is 5.10 Å². The van der Waals surface area contributed by atoms with Crippen LogP contribution in [0.5, 0.6) is 0 Å². The summed E-state index contributed by atoms with van der Waals surface area (Å²) in [6.07, 6.45) is 3.38. The summed E-state index contributed by atoms with van der Waals surface area (Å²) in [6.45, 7) is 3.81. The molecule has 1 aliphatic rings. The number of nitrogens with zero attached hydrogens (tertiary/aromatic N) is 3. The predicted molar refractivity (Wildman–Crippen MR) is 130 cm³/mol. The van der Waals surface area contributed by atoms with E-state index in [0.717, 1.165) is 16.0 Å². The van der Waals surface area contributed by atoms with Crippen molar-refractivity contribution in [2.75, 3.05) is 4.90 Å². The van der Waals surface area contributed by atoms with Gasteiger partial charge in [-0.3, -0.25) is 24.2 Å². The van der Waals surface area contributed by atoms with Gasteiger partial charge in [-0.25, -0.2) is 9.29 Å². The van der Waals surface area contributed by atoms with Gasteiger partial charge < -0.3 is 0 Å². The monoisotopic (exact) mass is 469 g/mol. The third kappa shape index (κ3) is 3.50. The number of para-hydroxylation sites is 1. The number of carbonyl (C=O) groups excluding carboxylic acids is 2. The van der Waals surface area contributed by atoms with Crippen LogP contribution in [0.3, 0.4) is 0 Å². The topological polar surface area (TPSA) is 79.1 Å². The van der Waals surface area contributed by atoms with E-state index in [-0.39, 0.29) is 22.5 Å². The first-order valence-electron chi connectivity index (χ1n) is 11.0. The molecule has 0 saturated carbocycles. The summed E-state index contributed by atoms with van der Waals surface area (Å²) in [5.74, 6) is -2.20. The molecule has 0 atom stereocenters. The van der Waals surface area contributed by atoms with Crippen molar-refractivity contribution in [3.8, 4) is 11.3 Å². The minimum absolute atomic E-state index is 0.0183. The molecule has 1 N–H and O–H groups in total. The van der Waals surface area contributed by atoms with E-state index in [1.165, 1.54) is 34.5 Å². The Morgan fingerprint density at radius 1 is 0.857 bits per heavy atom. The molecule has 0 spiro atoms. The summed E-state index contributed by atoms with van der Waals surface area (Å²) in [5.41, 5.74) is 2.24. The second-order valence-electron chi connectivity index (χ2n) is 8.43. The molecule has 0 bridgehead atoms. The number of H-pyrrole nitrogens is 1. The van der Waals surface area contributed by atoms with Crippen LogP contribution in [0.2, 0.25) is 0 Å². The van der Waals surface area contributed by atoms with E-state index >= 15 is 0 Å². The molecular formula is C27H22FN4O3+. The van der Waals surface area contributed by atoms with Crippen molar-refractivity contribution in [3.63, 3.8) is 0 Å². The number of hydrogen-bond donors (Lipinski definition) is 1. The number of halogens is 1. The van der Waals surface area contributed by atoms with Crippen LogP contribution in [0.4, 0.5) is 10.1 Å². The lowest BCUT2D eigenvalue weighted by molar-refractivity contribution is -0.577. The first-order chi connectivity index (χ1) is 16.8. The van der Waals surface area contributed by atoms with Gasteiger partial charge in [0.2, 0.25) is 0 Å². The quantitative estimate of drug-likeness (QED) is 0.368. The van der Waals surface area contributed by atoms with E-state index in [0.29, 0.717) is 11.3 Å². The summed E-state index contributed by atoms with van der Waals surface area (Å²) in [7, 11) is 1.54. The van der Waals surface area contributed by atoms with Gasteiger partial charge in [-0.1, -0.05) is 42.5 Å². The highest BCUT2D eigenvalue weighted by Crippen LogP contribution is 2.36. The molecule has 35 heavy (non-hydrogen) atoms.